The molecule has 0 saturated heterocycles. The van der Waals surface area contributed by atoms with Gasteiger partial charge in [-0.2, -0.15) is 17.8 Å². The molecule has 0 spiro atoms. The number of benzene rings is 3. The van der Waals surface area contributed by atoms with E-state index in [1.165, 1.54) is 37.4 Å². The zero-order chi connectivity index (χ0) is 28.5. The smallest absolute Gasteiger partial charge is 0.871 e. The third-order valence-corrected chi connectivity index (χ3v) is 8.89. The minimum atomic E-state index is -4.69. The zero-order valence-corrected chi connectivity index (χ0v) is 26.2. The molecule has 0 amide bonds. The number of anilines is 1. The Labute approximate surface area is 249 Å². The Balaban J connectivity index is 0.00000533. The van der Waals surface area contributed by atoms with E-state index in [-0.39, 0.29) is 76.2 Å². The van der Waals surface area contributed by atoms with E-state index in [4.69, 9.17) is 4.74 Å². The van der Waals surface area contributed by atoms with Crippen LogP contribution in [0, 0.1) is 0 Å². The van der Waals surface area contributed by atoms with Gasteiger partial charge in [0.25, 0.3) is 10.1 Å². The summed E-state index contributed by atoms with van der Waals surface area (Å²) >= 11 is 0. The van der Waals surface area contributed by atoms with E-state index in [0.717, 1.165) is 22.7 Å². The summed E-state index contributed by atoms with van der Waals surface area (Å²) < 4.78 is 91.7. The number of azo groups is 1. The molecule has 0 unspecified atom stereocenters. The molecule has 206 valence electrons. The van der Waals surface area contributed by atoms with E-state index in [1.807, 2.05) is 0 Å². The molecule has 39 heavy (non-hydrogen) atoms. The molecule has 3 aromatic rings. The number of ether oxygens (including phenoxy) is 1. The first kappa shape index (κ1) is 32.9. The van der Waals surface area contributed by atoms with Crippen molar-refractivity contribution in [3.63, 3.8) is 0 Å². The second-order valence-corrected chi connectivity index (χ2v) is 13.0. The standard InChI is InChI=1S/C22H26N4O9S3.Na/c1-5-26(6-2)37(30,31)20-13-17(21-15(22(20)27)8-7-9-16(21)25-36(4,28)29)24-23-14-10-11-18(35-3)19(12-14)38(32,33)34;/h7-13,25,27H,5-6H2,1-4H3,(H,32,33,34);/q;+1/p-1. The maximum absolute atomic E-state index is 13.3. The first-order valence-corrected chi connectivity index (χ1v) is 15.7. The number of methoxy groups -OCH3 is 1. The minimum absolute atomic E-state index is 0. The zero-order valence-electron chi connectivity index (χ0n) is 21.7. The average Bonchev–Trinajstić information content (AvgIpc) is 2.82. The number of hydrogen-bond donors (Lipinski definition) is 2. The first-order chi connectivity index (χ1) is 17.6. The van der Waals surface area contributed by atoms with Crippen molar-refractivity contribution >= 4 is 58.0 Å². The number of hydrogen-bond acceptors (Lipinski definition) is 10. The molecule has 0 aliphatic carbocycles. The maximum Gasteiger partial charge on any atom is 1.00 e. The van der Waals surface area contributed by atoms with E-state index in [9.17, 15) is 34.9 Å². The number of rotatable bonds is 10. The second-order valence-electron chi connectivity index (χ2n) is 7.92. The molecule has 0 aliphatic rings. The van der Waals surface area contributed by atoms with Crippen LogP contribution in [0.15, 0.2) is 62.5 Å². The normalized spacial score (nSPS) is 12.6. The van der Waals surface area contributed by atoms with Gasteiger partial charge >= 0.3 is 29.6 Å². The summed E-state index contributed by atoms with van der Waals surface area (Å²) in [7, 11) is -11.6. The quantitative estimate of drug-likeness (QED) is 0.181. The fourth-order valence-corrected chi connectivity index (χ4v) is 6.52. The molecule has 17 heteroatoms. The van der Waals surface area contributed by atoms with Gasteiger partial charge < -0.3 is 9.84 Å². The molecular formula is C22H25N4NaO9S3. The van der Waals surface area contributed by atoms with Crippen molar-refractivity contribution in [3.8, 4) is 11.5 Å². The largest absolute Gasteiger partial charge is 1.00 e. The minimum Gasteiger partial charge on any atom is -0.871 e. The van der Waals surface area contributed by atoms with E-state index in [2.05, 4.69) is 15.0 Å². The van der Waals surface area contributed by atoms with Gasteiger partial charge in [0.2, 0.25) is 20.0 Å². The summed E-state index contributed by atoms with van der Waals surface area (Å²) in [5, 5.41) is 21.2. The average molecular weight is 609 g/mol. The topological polar surface area (TPSA) is 195 Å². The number of nitrogens with one attached hydrogen (secondary N) is 1. The predicted octanol–water partition coefficient (Wildman–Crippen LogP) is -0.00990. The molecule has 3 rings (SSSR count). The summed E-state index contributed by atoms with van der Waals surface area (Å²) in [6.45, 7) is 3.40. The molecule has 0 heterocycles. The van der Waals surface area contributed by atoms with E-state index < -0.39 is 45.7 Å². The van der Waals surface area contributed by atoms with Crippen molar-refractivity contribution in [2.24, 2.45) is 10.2 Å². The van der Waals surface area contributed by atoms with Crippen LogP contribution in [0.1, 0.15) is 13.8 Å². The second kappa shape index (κ2) is 12.5. The SMILES string of the molecule is CCN(CC)S(=O)(=O)c1cc(N=Nc2ccc(OC)c(S(=O)(=O)O)c2)c2c(NS(C)(=O)=O)cccc2c1[O-].[Na+]. The summed E-state index contributed by atoms with van der Waals surface area (Å²) in [4.78, 5) is -1.17. The molecule has 3 aromatic carbocycles. The van der Waals surface area contributed by atoms with Gasteiger partial charge in [-0.05, 0) is 35.7 Å². The molecule has 2 N–H and O–H groups in total. The van der Waals surface area contributed by atoms with Crippen LogP contribution in [0.2, 0.25) is 0 Å². The van der Waals surface area contributed by atoms with Crippen molar-refractivity contribution in [3.05, 3.63) is 42.5 Å². The van der Waals surface area contributed by atoms with Crippen LogP contribution in [0.25, 0.3) is 10.8 Å². The fourth-order valence-electron chi connectivity index (χ4n) is 3.71. The van der Waals surface area contributed by atoms with Crippen molar-refractivity contribution < 1.29 is 69.2 Å². The molecule has 0 aliphatic heterocycles. The van der Waals surface area contributed by atoms with Gasteiger partial charge in [-0.3, -0.25) is 9.27 Å². The van der Waals surface area contributed by atoms with Gasteiger partial charge in [0.1, 0.15) is 10.6 Å². The van der Waals surface area contributed by atoms with Crippen molar-refractivity contribution in [1.29, 1.82) is 0 Å². The Morgan fingerprint density at radius 1 is 0.974 bits per heavy atom. The van der Waals surface area contributed by atoms with Crippen LogP contribution in [-0.4, -0.2) is 60.6 Å². The van der Waals surface area contributed by atoms with Crippen molar-refractivity contribution in [2.45, 2.75) is 23.6 Å². The Morgan fingerprint density at radius 2 is 1.62 bits per heavy atom. The van der Waals surface area contributed by atoms with E-state index >= 15 is 0 Å². The van der Waals surface area contributed by atoms with Crippen LogP contribution in [-0.2, 0) is 30.2 Å². The molecular weight excluding hydrogens is 583 g/mol. The van der Waals surface area contributed by atoms with Crippen LogP contribution in [0.5, 0.6) is 11.5 Å². The number of nitrogens with zero attached hydrogens (tertiary/aromatic N) is 3. The van der Waals surface area contributed by atoms with Gasteiger partial charge in [-0.1, -0.05) is 31.7 Å². The van der Waals surface area contributed by atoms with Crippen LogP contribution in [0.3, 0.4) is 0 Å². The van der Waals surface area contributed by atoms with Gasteiger partial charge in [0.05, 0.1) is 35.3 Å². The Kier molecular flexibility index (Phi) is 10.5. The Morgan fingerprint density at radius 3 is 2.15 bits per heavy atom. The summed E-state index contributed by atoms with van der Waals surface area (Å²) in [6, 6.07) is 8.59. The molecule has 0 fully saturated rings. The van der Waals surface area contributed by atoms with Gasteiger partial charge in [0.15, 0.2) is 0 Å². The Bertz CT molecular complexity index is 1740. The molecule has 13 nitrogen and oxygen atoms in total. The van der Waals surface area contributed by atoms with Gasteiger partial charge in [-0.25, -0.2) is 16.8 Å². The van der Waals surface area contributed by atoms with E-state index in [0.29, 0.717) is 0 Å². The van der Waals surface area contributed by atoms with Crippen molar-refractivity contribution in [1.82, 2.24) is 4.31 Å². The molecule has 0 bridgehead atoms. The molecule has 0 atom stereocenters. The third-order valence-electron chi connectivity index (χ3n) is 5.37. The third kappa shape index (κ3) is 7.26. The summed E-state index contributed by atoms with van der Waals surface area (Å²) in [6.07, 6.45) is 0.901. The molecule has 0 saturated carbocycles. The van der Waals surface area contributed by atoms with Crippen LogP contribution in [0.4, 0.5) is 17.1 Å². The summed E-state index contributed by atoms with van der Waals surface area (Å²) in [5.74, 6) is -1.01. The number of fused-ring (bicyclic) bond motifs is 1. The maximum atomic E-state index is 13.3. The van der Waals surface area contributed by atoms with Gasteiger partial charge in [-0.15, -0.1) is 5.11 Å². The predicted molar refractivity (Wildman–Crippen MR) is 139 cm³/mol. The number of sulfonamides is 2. The fraction of sp³-hybridized carbons (Fsp3) is 0.273. The Hall–Kier alpha value is -2.31. The molecule has 0 radical (unpaired) electrons. The van der Waals surface area contributed by atoms with E-state index in [1.54, 1.807) is 13.8 Å². The first-order valence-electron chi connectivity index (χ1n) is 11.0. The van der Waals surface area contributed by atoms with Crippen LogP contribution < -0.4 is 44.1 Å². The van der Waals surface area contributed by atoms with Crippen molar-refractivity contribution in [2.75, 3.05) is 31.2 Å². The monoisotopic (exact) mass is 608 g/mol. The van der Waals surface area contributed by atoms with Gasteiger partial charge in [0, 0.05) is 18.5 Å². The van der Waals surface area contributed by atoms with Crippen LogP contribution >= 0.6 is 0 Å². The summed E-state index contributed by atoms with van der Waals surface area (Å²) in [5.41, 5.74) is -0.294. The molecule has 0 aromatic heterocycles.